The number of aryl methyl sites for hydroxylation is 1. The predicted molar refractivity (Wildman–Crippen MR) is 81.5 cm³/mol. The molecule has 0 radical (unpaired) electrons. The van der Waals surface area contributed by atoms with Gasteiger partial charge in [-0.3, -0.25) is 0 Å². The highest BCUT2D eigenvalue weighted by molar-refractivity contribution is 5.74. The Kier molecular flexibility index (Phi) is 7.09. The van der Waals surface area contributed by atoms with Crippen molar-refractivity contribution in [1.82, 2.24) is 10.6 Å². The minimum atomic E-state index is -0.178. The van der Waals surface area contributed by atoms with Crippen molar-refractivity contribution in [2.75, 3.05) is 6.61 Å². The van der Waals surface area contributed by atoms with E-state index in [1.54, 1.807) is 0 Å². The summed E-state index contributed by atoms with van der Waals surface area (Å²) in [5, 5.41) is 14.8. The minimum Gasteiger partial charge on any atom is -0.396 e. The van der Waals surface area contributed by atoms with Crippen molar-refractivity contribution in [1.29, 1.82) is 0 Å². The molecule has 1 aromatic rings. The average Bonchev–Trinajstić information content (AvgIpc) is 2.44. The molecule has 0 aliphatic rings. The van der Waals surface area contributed by atoms with Crippen LogP contribution in [0, 0.1) is 5.92 Å². The van der Waals surface area contributed by atoms with Crippen LogP contribution in [0.5, 0.6) is 0 Å². The number of urea groups is 1. The van der Waals surface area contributed by atoms with Gasteiger partial charge in [-0.25, -0.2) is 4.79 Å². The van der Waals surface area contributed by atoms with Crippen molar-refractivity contribution in [3.63, 3.8) is 0 Å². The van der Waals surface area contributed by atoms with Gasteiger partial charge >= 0.3 is 6.03 Å². The number of nitrogens with one attached hydrogen (secondary N) is 2. The standard InChI is InChI=1S/C16H26N2O2/c1-4-13-7-5-6-8-14(13)11-17-16(20)18-15(9-10-19)12(2)3/h5-8,12,15,19H,4,9-11H2,1-3H3,(H2,17,18,20). The largest absolute Gasteiger partial charge is 0.396 e. The third-order valence-corrected chi connectivity index (χ3v) is 3.50. The van der Waals surface area contributed by atoms with E-state index >= 15 is 0 Å². The molecule has 4 nitrogen and oxygen atoms in total. The molecule has 112 valence electrons. The number of aliphatic hydroxyl groups excluding tert-OH is 1. The van der Waals surface area contributed by atoms with Gasteiger partial charge in [0.15, 0.2) is 0 Å². The van der Waals surface area contributed by atoms with E-state index in [-0.39, 0.29) is 18.7 Å². The highest BCUT2D eigenvalue weighted by atomic mass is 16.3. The first-order chi connectivity index (χ1) is 9.58. The first-order valence-electron chi connectivity index (χ1n) is 7.30. The molecule has 0 saturated heterocycles. The number of aliphatic hydroxyl groups is 1. The second-order valence-corrected chi connectivity index (χ2v) is 5.31. The number of benzene rings is 1. The molecule has 3 N–H and O–H groups in total. The van der Waals surface area contributed by atoms with Crippen LogP contribution in [-0.4, -0.2) is 23.8 Å². The van der Waals surface area contributed by atoms with Crippen molar-refractivity contribution < 1.29 is 9.90 Å². The molecular formula is C16H26N2O2. The normalized spacial score (nSPS) is 12.2. The van der Waals surface area contributed by atoms with Crippen LogP contribution in [0.25, 0.3) is 0 Å². The lowest BCUT2D eigenvalue weighted by atomic mass is 10.0. The first kappa shape index (κ1) is 16.5. The Morgan fingerprint density at radius 3 is 2.45 bits per heavy atom. The van der Waals surface area contributed by atoms with E-state index in [1.165, 1.54) is 5.56 Å². The number of rotatable bonds is 7. The summed E-state index contributed by atoms with van der Waals surface area (Å²) in [6.45, 7) is 6.79. The molecule has 0 saturated carbocycles. The zero-order valence-electron chi connectivity index (χ0n) is 12.6. The van der Waals surface area contributed by atoms with E-state index in [2.05, 4.69) is 23.6 Å². The Morgan fingerprint density at radius 2 is 1.90 bits per heavy atom. The zero-order chi connectivity index (χ0) is 15.0. The summed E-state index contributed by atoms with van der Waals surface area (Å²) in [6, 6.07) is 7.93. The summed E-state index contributed by atoms with van der Waals surface area (Å²) >= 11 is 0. The Bertz CT molecular complexity index is 419. The van der Waals surface area contributed by atoms with Crippen LogP contribution in [0.1, 0.15) is 38.3 Å². The third kappa shape index (κ3) is 5.21. The third-order valence-electron chi connectivity index (χ3n) is 3.50. The Balaban J connectivity index is 2.50. The maximum atomic E-state index is 11.9. The first-order valence-corrected chi connectivity index (χ1v) is 7.30. The van der Waals surface area contributed by atoms with Crippen molar-refractivity contribution in [2.24, 2.45) is 5.92 Å². The van der Waals surface area contributed by atoms with Gasteiger partial charge in [-0.05, 0) is 29.9 Å². The fourth-order valence-corrected chi connectivity index (χ4v) is 2.18. The van der Waals surface area contributed by atoms with E-state index < -0.39 is 0 Å². The summed E-state index contributed by atoms with van der Waals surface area (Å²) in [5.74, 6) is 0.302. The van der Waals surface area contributed by atoms with Gasteiger partial charge in [0.2, 0.25) is 0 Å². The predicted octanol–water partition coefficient (Wildman–Crippen LogP) is 2.46. The lowest BCUT2D eigenvalue weighted by molar-refractivity contribution is 0.218. The van der Waals surface area contributed by atoms with E-state index in [9.17, 15) is 4.79 Å². The Hall–Kier alpha value is -1.55. The maximum Gasteiger partial charge on any atom is 0.315 e. The Labute approximate surface area is 121 Å². The van der Waals surface area contributed by atoms with Crippen LogP contribution in [0.4, 0.5) is 4.79 Å². The van der Waals surface area contributed by atoms with Gasteiger partial charge in [0, 0.05) is 19.2 Å². The summed E-state index contributed by atoms with van der Waals surface area (Å²) in [4.78, 5) is 11.9. The van der Waals surface area contributed by atoms with Gasteiger partial charge in [0.25, 0.3) is 0 Å². The minimum absolute atomic E-state index is 0.00131. The van der Waals surface area contributed by atoms with Gasteiger partial charge in [0.05, 0.1) is 0 Å². The van der Waals surface area contributed by atoms with Crippen molar-refractivity contribution in [3.8, 4) is 0 Å². The van der Waals surface area contributed by atoms with Crippen molar-refractivity contribution in [2.45, 2.75) is 46.2 Å². The average molecular weight is 278 g/mol. The number of amides is 2. The quantitative estimate of drug-likeness (QED) is 0.717. The summed E-state index contributed by atoms with van der Waals surface area (Å²) in [6.07, 6.45) is 1.54. The number of hydrogen-bond acceptors (Lipinski definition) is 2. The molecule has 0 aliphatic carbocycles. The van der Waals surface area contributed by atoms with E-state index in [4.69, 9.17) is 5.11 Å². The molecule has 1 atom stereocenters. The van der Waals surface area contributed by atoms with Crippen LogP contribution in [-0.2, 0) is 13.0 Å². The van der Waals surface area contributed by atoms with Gasteiger partial charge in [0.1, 0.15) is 0 Å². The monoisotopic (exact) mass is 278 g/mol. The number of carbonyl (C=O) groups is 1. The number of carbonyl (C=O) groups excluding carboxylic acids is 1. The topological polar surface area (TPSA) is 61.4 Å². The zero-order valence-corrected chi connectivity index (χ0v) is 12.6. The van der Waals surface area contributed by atoms with Crippen LogP contribution < -0.4 is 10.6 Å². The summed E-state index contributed by atoms with van der Waals surface area (Å²) < 4.78 is 0. The van der Waals surface area contributed by atoms with E-state index in [0.29, 0.717) is 18.9 Å². The number of hydrogen-bond donors (Lipinski definition) is 3. The van der Waals surface area contributed by atoms with Crippen molar-refractivity contribution >= 4 is 6.03 Å². The lowest BCUT2D eigenvalue weighted by Crippen LogP contribution is -2.44. The van der Waals surface area contributed by atoms with Gasteiger partial charge in [-0.2, -0.15) is 0 Å². The van der Waals surface area contributed by atoms with Crippen LogP contribution in [0.15, 0.2) is 24.3 Å². The van der Waals surface area contributed by atoms with E-state index in [0.717, 1.165) is 12.0 Å². The smallest absolute Gasteiger partial charge is 0.315 e. The molecule has 0 heterocycles. The van der Waals surface area contributed by atoms with Gasteiger partial charge in [-0.15, -0.1) is 0 Å². The lowest BCUT2D eigenvalue weighted by Gasteiger charge is -2.22. The molecule has 0 spiro atoms. The van der Waals surface area contributed by atoms with E-state index in [1.807, 2.05) is 32.0 Å². The molecule has 2 amide bonds. The molecule has 4 heteroatoms. The fraction of sp³-hybridized carbons (Fsp3) is 0.562. The molecule has 0 aliphatic heterocycles. The van der Waals surface area contributed by atoms with Gasteiger partial charge in [-0.1, -0.05) is 45.0 Å². The molecule has 1 unspecified atom stereocenters. The van der Waals surface area contributed by atoms with Crippen LogP contribution in [0.3, 0.4) is 0 Å². The fourth-order valence-electron chi connectivity index (χ4n) is 2.18. The molecule has 0 bridgehead atoms. The molecule has 20 heavy (non-hydrogen) atoms. The van der Waals surface area contributed by atoms with Crippen LogP contribution in [0.2, 0.25) is 0 Å². The second kappa shape index (κ2) is 8.59. The molecule has 0 fully saturated rings. The van der Waals surface area contributed by atoms with Gasteiger partial charge < -0.3 is 15.7 Å². The molecule has 1 aromatic carbocycles. The summed E-state index contributed by atoms with van der Waals surface area (Å²) in [7, 11) is 0. The molecular weight excluding hydrogens is 252 g/mol. The van der Waals surface area contributed by atoms with Crippen LogP contribution >= 0.6 is 0 Å². The van der Waals surface area contributed by atoms with Crippen molar-refractivity contribution in [3.05, 3.63) is 35.4 Å². The maximum absolute atomic E-state index is 11.9. The summed E-state index contributed by atoms with van der Waals surface area (Å²) in [5.41, 5.74) is 2.40. The highest BCUT2D eigenvalue weighted by Crippen LogP contribution is 2.09. The second-order valence-electron chi connectivity index (χ2n) is 5.31. The highest BCUT2D eigenvalue weighted by Gasteiger charge is 2.15. The molecule has 0 aromatic heterocycles. The Morgan fingerprint density at radius 1 is 1.25 bits per heavy atom. The SMILES string of the molecule is CCc1ccccc1CNC(=O)NC(CCO)C(C)C. The molecule has 1 rings (SSSR count).